The van der Waals surface area contributed by atoms with E-state index in [9.17, 15) is 0 Å². The third-order valence-corrected chi connectivity index (χ3v) is 0.942. The van der Waals surface area contributed by atoms with Crippen molar-refractivity contribution in [2.75, 3.05) is 20.3 Å². The maximum Gasteiger partial charge on any atom is 0.151 e. The molecule has 9 heavy (non-hydrogen) atoms. The average Bonchev–Trinajstić information content (AvgIpc) is 1.79. The van der Waals surface area contributed by atoms with E-state index in [1.807, 2.05) is 0 Å². The molecule has 1 aliphatic heterocycles. The molecule has 2 N–H and O–H groups in total. The zero-order chi connectivity index (χ0) is 6.53. The van der Waals surface area contributed by atoms with E-state index in [0.717, 1.165) is 5.82 Å². The van der Waals surface area contributed by atoms with Crippen molar-refractivity contribution in [2.24, 2.45) is 0 Å². The number of nitrogens with one attached hydrogen (secondary N) is 2. The van der Waals surface area contributed by atoms with Gasteiger partial charge in [0.05, 0.1) is 5.82 Å². The van der Waals surface area contributed by atoms with Crippen LogP contribution in [0.25, 0.3) is 0 Å². The lowest BCUT2D eigenvalue weighted by molar-refractivity contribution is -0.0714. The molecule has 0 spiro atoms. The van der Waals surface area contributed by atoms with Crippen LogP contribution in [-0.2, 0) is 9.47 Å². The molecule has 4 nitrogen and oxygen atoms in total. The van der Waals surface area contributed by atoms with Crippen molar-refractivity contribution in [3.63, 3.8) is 0 Å². The van der Waals surface area contributed by atoms with Crippen LogP contribution in [-0.4, -0.2) is 20.3 Å². The van der Waals surface area contributed by atoms with Gasteiger partial charge in [-0.2, -0.15) is 0 Å². The van der Waals surface area contributed by atoms with Gasteiger partial charge >= 0.3 is 0 Å². The highest BCUT2D eigenvalue weighted by molar-refractivity contribution is 4.85. The van der Waals surface area contributed by atoms with Gasteiger partial charge in [0.15, 0.2) is 6.79 Å². The lowest BCUT2D eigenvalue weighted by Gasteiger charge is -2.16. The van der Waals surface area contributed by atoms with Crippen molar-refractivity contribution in [3.8, 4) is 0 Å². The van der Waals surface area contributed by atoms with Gasteiger partial charge in [-0.05, 0) is 0 Å². The Morgan fingerprint density at radius 1 is 1.22 bits per heavy atom. The first-order valence-corrected chi connectivity index (χ1v) is 2.72. The maximum absolute atomic E-state index is 4.91. The molecule has 0 aromatic carbocycles. The largest absolute Gasteiger partial charge is 0.350 e. The normalized spacial score (nSPS) is 21.1. The van der Waals surface area contributed by atoms with E-state index in [2.05, 4.69) is 17.2 Å². The van der Waals surface area contributed by atoms with Crippen LogP contribution < -0.4 is 10.6 Å². The molecule has 0 saturated carbocycles. The highest BCUT2D eigenvalue weighted by Crippen LogP contribution is 1.83. The Morgan fingerprint density at radius 2 is 1.78 bits per heavy atom. The molecule has 0 aromatic rings. The summed E-state index contributed by atoms with van der Waals surface area (Å²) in [7, 11) is 0. The Labute approximate surface area is 53.8 Å². The fourth-order valence-electron chi connectivity index (χ4n) is 0.481. The maximum atomic E-state index is 4.91. The second kappa shape index (κ2) is 3.32. The first-order valence-electron chi connectivity index (χ1n) is 2.72. The minimum atomic E-state index is 0.327. The topological polar surface area (TPSA) is 42.5 Å². The molecule has 0 bridgehead atoms. The van der Waals surface area contributed by atoms with Gasteiger partial charge in [0.2, 0.25) is 0 Å². The van der Waals surface area contributed by atoms with Crippen LogP contribution in [0.15, 0.2) is 12.4 Å². The van der Waals surface area contributed by atoms with Crippen LogP contribution in [0, 0.1) is 0 Å². The van der Waals surface area contributed by atoms with Crippen LogP contribution in [0.4, 0.5) is 0 Å². The van der Waals surface area contributed by atoms with Gasteiger partial charge in [-0.15, -0.1) is 0 Å². The van der Waals surface area contributed by atoms with Crippen LogP contribution in [0.2, 0.25) is 0 Å². The zero-order valence-electron chi connectivity index (χ0n) is 5.14. The summed E-state index contributed by atoms with van der Waals surface area (Å²) in [4.78, 5) is 0. The summed E-state index contributed by atoms with van der Waals surface area (Å²) < 4.78 is 9.82. The van der Waals surface area contributed by atoms with E-state index in [1.165, 1.54) is 0 Å². The van der Waals surface area contributed by atoms with Gasteiger partial charge in [-0.25, -0.2) is 0 Å². The molecule has 52 valence electrons. The fourth-order valence-corrected chi connectivity index (χ4v) is 0.481. The lowest BCUT2D eigenvalue weighted by Crippen LogP contribution is -2.32. The van der Waals surface area contributed by atoms with E-state index in [1.54, 1.807) is 0 Å². The van der Waals surface area contributed by atoms with Gasteiger partial charge in [0, 0.05) is 0 Å². The lowest BCUT2D eigenvalue weighted by atomic mass is 10.7. The number of ether oxygens (including phenoxy) is 2. The van der Waals surface area contributed by atoms with Crippen molar-refractivity contribution in [1.82, 2.24) is 10.6 Å². The number of rotatable bonds is 0. The Kier molecular flexibility index (Phi) is 2.35. The fraction of sp³-hybridized carbons (Fsp3) is 0.600. The monoisotopic (exact) mass is 130 g/mol. The molecule has 1 fully saturated rings. The Bertz CT molecular complexity index is 95.1. The summed E-state index contributed by atoms with van der Waals surface area (Å²) in [5.74, 6) is 0.731. The highest BCUT2D eigenvalue weighted by atomic mass is 16.7. The number of hydrogen-bond donors (Lipinski definition) is 2. The summed E-state index contributed by atoms with van der Waals surface area (Å²) >= 11 is 0. The van der Waals surface area contributed by atoms with Crippen molar-refractivity contribution < 1.29 is 9.47 Å². The molecule has 0 atom stereocenters. The van der Waals surface area contributed by atoms with Crippen molar-refractivity contribution in [3.05, 3.63) is 12.4 Å². The van der Waals surface area contributed by atoms with E-state index in [-0.39, 0.29) is 0 Å². The molecule has 1 aliphatic rings. The Hall–Kier alpha value is -0.740. The van der Waals surface area contributed by atoms with Gasteiger partial charge in [0.1, 0.15) is 13.5 Å². The average molecular weight is 130 g/mol. The SMILES string of the molecule is C=C1NCOCOCN1. The molecular formula is C5H10N2O2. The molecule has 1 rings (SSSR count). The Balaban J connectivity index is 2.20. The predicted octanol–water partition coefficient (Wildman–Crippen LogP) is -0.444. The van der Waals surface area contributed by atoms with Crippen LogP contribution in [0.5, 0.6) is 0 Å². The molecular weight excluding hydrogens is 120 g/mol. The summed E-state index contributed by atoms with van der Waals surface area (Å²) in [6, 6.07) is 0. The van der Waals surface area contributed by atoms with Crippen molar-refractivity contribution >= 4 is 0 Å². The second-order valence-electron chi connectivity index (χ2n) is 1.65. The van der Waals surface area contributed by atoms with Gasteiger partial charge in [-0.1, -0.05) is 6.58 Å². The third-order valence-electron chi connectivity index (χ3n) is 0.942. The Morgan fingerprint density at radius 3 is 2.33 bits per heavy atom. The molecule has 1 heterocycles. The standard InChI is InChI=1S/C5H10N2O2/c1-5-6-2-8-4-9-3-7-5/h6-7H,1-4H2. The predicted molar refractivity (Wildman–Crippen MR) is 32.2 cm³/mol. The molecule has 4 heteroatoms. The zero-order valence-corrected chi connectivity index (χ0v) is 5.14. The van der Waals surface area contributed by atoms with E-state index < -0.39 is 0 Å². The second-order valence-corrected chi connectivity index (χ2v) is 1.65. The van der Waals surface area contributed by atoms with Gasteiger partial charge in [-0.3, -0.25) is 0 Å². The molecule has 0 amide bonds. The minimum Gasteiger partial charge on any atom is -0.350 e. The molecule has 0 aromatic heterocycles. The van der Waals surface area contributed by atoms with Crippen molar-refractivity contribution in [2.45, 2.75) is 0 Å². The van der Waals surface area contributed by atoms with Crippen molar-refractivity contribution in [1.29, 1.82) is 0 Å². The van der Waals surface area contributed by atoms with Gasteiger partial charge < -0.3 is 20.1 Å². The summed E-state index contributed by atoms with van der Waals surface area (Å²) in [5, 5.41) is 5.75. The first kappa shape index (κ1) is 6.38. The summed E-state index contributed by atoms with van der Waals surface area (Å²) in [6.45, 7) is 4.86. The van der Waals surface area contributed by atoms with E-state index >= 15 is 0 Å². The molecule has 0 radical (unpaired) electrons. The molecule has 0 aliphatic carbocycles. The quantitative estimate of drug-likeness (QED) is 0.466. The van der Waals surface area contributed by atoms with Crippen LogP contribution in [0.1, 0.15) is 0 Å². The first-order chi connectivity index (χ1) is 4.39. The molecule has 1 saturated heterocycles. The van der Waals surface area contributed by atoms with Crippen LogP contribution >= 0.6 is 0 Å². The smallest absolute Gasteiger partial charge is 0.151 e. The third kappa shape index (κ3) is 2.34. The minimum absolute atomic E-state index is 0.327. The van der Waals surface area contributed by atoms with Crippen LogP contribution in [0.3, 0.4) is 0 Å². The van der Waals surface area contributed by atoms with Gasteiger partial charge in [0.25, 0.3) is 0 Å². The van der Waals surface area contributed by atoms with E-state index in [4.69, 9.17) is 9.47 Å². The highest BCUT2D eigenvalue weighted by Gasteiger charge is 1.95. The summed E-state index contributed by atoms with van der Waals surface area (Å²) in [5.41, 5.74) is 0. The number of hydrogen-bond acceptors (Lipinski definition) is 4. The summed E-state index contributed by atoms with van der Waals surface area (Å²) in [6.07, 6.45) is 0. The van der Waals surface area contributed by atoms with E-state index in [0.29, 0.717) is 20.3 Å². The molecule has 0 unspecified atom stereocenters.